The van der Waals surface area contributed by atoms with Crippen LogP contribution in [0.4, 0.5) is 3.89 Å². The van der Waals surface area contributed by atoms with Gasteiger partial charge in [0.25, 0.3) is 0 Å². The molecule has 1 heterocycles. The second-order valence-electron chi connectivity index (χ2n) is 6.34. The van der Waals surface area contributed by atoms with Crippen molar-refractivity contribution in [2.24, 2.45) is 9.78 Å². The largest absolute Gasteiger partial charge is 0.263 e. The van der Waals surface area contributed by atoms with Crippen LogP contribution < -0.4 is 0 Å². The summed E-state index contributed by atoms with van der Waals surface area (Å²) >= 11 is 0. The lowest BCUT2D eigenvalue weighted by Crippen LogP contribution is -2.25. The Labute approximate surface area is 110 Å². The number of aromatic nitrogens is 1. The van der Waals surface area contributed by atoms with Gasteiger partial charge < -0.3 is 0 Å². The smallest absolute Gasteiger partial charge is 0.125 e. The fourth-order valence-electron chi connectivity index (χ4n) is 2.23. The molecule has 0 fully saturated rings. The normalized spacial score (nSPS) is 16.1. The minimum absolute atomic E-state index is 0.0530. The van der Waals surface area contributed by atoms with Gasteiger partial charge in [0.05, 0.1) is 10.4 Å². The summed E-state index contributed by atoms with van der Waals surface area (Å²) in [6, 6.07) is 3.21. The third-order valence-corrected chi connectivity index (χ3v) is 3.89. The van der Waals surface area contributed by atoms with Gasteiger partial charge >= 0.3 is 0 Å². The molecule has 0 aliphatic carbocycles. The first-order valence-corrected chi connectivity index (χ1v) is 7.43. The van der Waals surface area contributed by atoms with E-state index < -0.39 is 15.5 Å². The molecule has 0 aromatic carbocycles. The number of nitrogens with zero attached hydrogens (tertiary/aromatic N) is 2. The Morgan fingerprint density at radius 1 is 1.33 bits per heavy atom. The predicted octanol–water partition coefficient (Wildman–Crippen LogP) is 4.64. The van der Waals surface area contributed by atoms with Crippen LogP contribution in [0.1, 0.15) is 41.0 Å². The Hall–Kier alpha value is -0.970. The molecule has 0 aliphatic heterocycles. The molecular formula is C13H22FN3S. The average Bonchev–Trinajstić information content (AvgIpc) is 2.13. The number of nitrogens with one attached hydrogen (secondary N) is 1. The number of hydrogen-bond donors (Lipinski definition) is 1. The zero-order chi connectivity index (χ0) is 14.0. The van der Waals surface area contributed by atoms with E-state index >= 15 is 0 Å². The second kappa shape index (κ2) is 4.96. The van der Waals surface area contributed by atoms with Gasteiger partial charge in [0.2, 0.25) is 0 Å². The molecule has 0 saturated heterocycles. The highest BCUT2D eigenvalue weighted by Crippen LogP contribution is 2.32. The van der Waals surface area contributed by atoms with Gasteiger partial charge in [0, 0.05) is 12.4 Å². The summed E-state index contributed by atoms with van der Waals surface area (Å²) < 4.78 is 26.4. The van der Waals surface area contributed by atoms with Crippen molar-refractivity contribution in [2.45, 2.75) is 51.5 Å². The molecule has 1 aromatic rings. The van der Waals surface area contributed by atoms with Crippen molar-refractivity contribution in [3.05, 3.63) is 24.5 Å². The molecule has 0 saturated carbocycles. The van der Waals surface area contributed by atoms with E-state index in [-0.39, 0.29) is 10.3 Å². The SMILES string of the molecule is CC(C)(C)CC(C)(C)N=S(=N)(F)c1cccnc1. The number of halogens is 1. The fourth-order valence-corrected chi connectivity index (χ4v) is 3.54. The molecular weight excluding hydrogens is 249 g/mol. The summed E-state index contributed by atoms with van der Waals surface area (Å²) in [6.45, 7) is 10.0. The highest BCUT2D eigenvalue weighted by molar-refractivity contribution is 7.89. The van der Waals surface area contributed by atoms with E-state index in [1.54, 1.807) is 18.3 Å². The number of hydrogen-bond acceptors (Lipinski definition) is 3. The van der Waals surface area contributed by atoms with Gasteiger partial charge in [0.15, 0.2) is 0 Å². The summed E-state index contributed by atoms with van der Waals surface area (Å²) in [5.41, 5.74) is -0.503. The highest BCUT2D eigenvalue weighted by atomic mass is 32.2. The molecule has 0 radical (unpaired) electrons. The molecule has 0 aliphatic rings. The zero-order valence-corrected chi connectivity index (χ0v) is 12.5. The molecule has 1 rings (SSSR count). The third kappa shape index (κ3) is 4.72. The van der Waals surface area contributed by atoms with Gasteiger partial charge in [-0.3, -0.25) is 4.98 Å². The van der Waals surface area contributed by atoms with E-state index in [1.165, 1.54) is 6.20 Å². The van der Waals surface area contributed by atoms with E-state index in [0.29, 0.717) is 0 Å². The zero-order valence-electron chi connectivity index (χ0n) is 11.7. The Bertz CT molecular complexity index is 509. The van der Waals surface area contributed by atoms with Crippen molar-refractivity contribution in [1.82, 2.24) is 4.98 Å². The summed E-state index contributed by atoms with van der Waals surface area (Å²) in [4.78, 5) is 4.11. The second-order valence-corrected chi connectivity index (χ2v) is 8.01. The number of pyridine rings is 1. The Morgan fingerprint density at radius 2 is 1.94 bits per heavy atom. The first kappa shape index (κ1) is 15.1. The molecule has 0 spiro atoms. The van der Waals surface area contributed by atoms with Gasteiger partial charge in [-0.25, -0.2) is 9.14 Å². The summed E-state index contributed by atoms with van der Waals surface area (Å²) in [5.74, 6) is 0. The van der Waals surface area contributed by atoms with Crippen LogP contribution in [0.2, 0.25) is 0 Å². The van der Waals surface area contributed by atoms with Crippen LogP contribution in [0.25, 0.3) is 0 Å². The van der Waals surface area contributed by atoms with Crippen LogP contribution in [0.15, 0.2) is 33.8 Å². The van der Waals surface area contributed by atoms with Crippen LogP contribution in [0.5, 0.6) is 0 Å². The minimum atomic E-state index is -3.38. The van der Waals surface area contributed by atoms with E-state index in [4.69, 9.17) is 4.78 Å². The standard InChI is InChI=1S/C13H22FN3S/c1-12(2,3)10-13(4,5)17-18(14,15)11-7-6-8-16-9-11/h6-9,15H,10H2,1-5H3. The molecule has 0 bridgehead atoms. The third-order valence-electron chi connectivity index (χ3n) is 2.28. The van der Waals surface area contributed by atoms with Gasteiger partial charge in [0.1, 0.15) is 10.0 Å². The van der Waals surface area contributed by atoms with Crippen LogP contribution in [0.3, 0.4) is 0 Å². The lowest BCUT2D eigenvalue weighted by atomic mass is 9.82. The quantitative estimate of drug-likeness (QED) is 0.855. The first-order chi connectivity index (χ1) is 8.02. The Kier molecular flexibility index (Phi) is 4.15. The number of rotatable bonds is 3. The van der Waals surface area contributed by atoms with E-state index in [9.17, 15) is 3.89 Å². The van der Waals surface area contributed by atoms with Crippen LogP contribution in [0, 0.1) is 10.2 Å². The van der Waals surface area contributed by atoms with Crippen LogP contribution in [-0.4, -0.2) is 10.5 Å². The van der Waals surface area contributed by atoms with Crippen molar-refractivity contribution < 1.29 is 3.89 Å². The monoisotopic (exact) mass is 271 g/mol. The molecule has 102 valence electrons. The minimum Gasteiger partial charge on any atom is -0.263 e. The molecule has 0 amide bonds. The Balaban J connectivity index is 3.12. The average molecular weight is 271 g/mol. The van der Waals surface area contributed by atoms with Gasteiger partial charge in [-0.1, -0.05) is 20.8 Å². The van der Waals surface area contributed by atoms with Gasteiger partial charge in [-0.2, -0.15) is 0 Å². The molecule has 3 nitrogen and oxygen atoms in total. The van der Waals surface area contributed by atoms with Crippen molar-refractivity contribution >= 4 is 10.0 Å². The summed E-state index contributed by atoms with van der Waals surface area (Å²) in [6.07, 6.45) is 3.69. The van der Waals surface area contributed by atoms with E-state index in [0.717, 1.165) is 6.42 Å². The maximum Gasteiger partial charge on any atom is 0.125 e. The molecule has 1 N–H and O–H groups in total. The van der Waals surface area contributed by atoms with Crippen molar-refractivity contribution in [1.29, 1.82) is 4.78 Å². The topological polar surface area (TPSA) is 49.1 Å². The maximum atomic E-state index is 14.4. The lowest BCUT2D eigenvalue weighted by molar-refractivity contribution is 0.289. The van der Waals surface area contributed by atoms with E-state index in [1.807, 2.05) is 13.8 Å². The van der Waals surface area contributed by atoms with Crippen molar-refractivity contribution in [3.63, 3.8) is 0 Å². The maximum absolute atomic E-state index is 14.4. The fraction of sp³-hybridized carbons (Fsp3) is 0.615. The Morgan fingerprint density at radius 3 is 2.39 bits per heavy atom. The van der Waals surface area contributed by atoms with Gasteiger partial charge in [-0.05, 0) is 37.8 Å². The van der Waals surface area contributed by atoms with E-state index in [2.05, 4.69) is 30.1 Å². The highest BCUT2D eigenvalue weighted by Gasteiger charge is 2.26. The van der Waals surface area contributed by atoms with Crippen molar-refractivity contribution in [3.8, 4) is 0 Å². The first-order valence-electron chi connectivity index (χ1n) is 5.94. The van der Waals surface area contributed by atoms with Crippen molar-refractivity contribution in [2.75, 3.05) is 0 Å². The molecule has 1 aromatic heterocycles. The summed E-state index contributed by atoms with van der Waals surface area (Å²) in [7, 11) is -3.38. The predicted molar refractivity (Wildman–Crippen MR) is 74.3 cm³/mol. The van der Waals surface area contributed by atoms with Gasteiger partial charge in [-0.15, -0.1) is 3.89 Å². The molecule has 1 unspecified atom stereocenters. The lowest BCUT2D eigenvalue weighted by Gasteiger charge is -2.29. The van der Waals surface area contributed by atoms with Crippen LogP contribution >= 0.6 is 0 Å². The van der Waals surface area contributed by atoms with Crippen LogP contribution in [-0.2, 0) is 10.0 Å². The molecule has 18 heavy (non-hydrogen) atoms. The summed E-state index contributed by atoms with van der Waals surface area (Å²) in [5, 5.41) is 0. The molecule has 5 heteroatoms. The molecule has 1 atom stereocenters.